The first-order valence-electron chi connectivity index (χ1n) is 7.56. The zero-order chi connectivity index (χ0) is 13.8. The third-order valence-corrected chi connectivity index (χ3v) is 4.17. The lowest BCUT2D eigenvalue weighted by Gasteiger charge is -2.32. The molecule has 0 spiro atoms. The van der Waals surface area contributed by atoms with Crippen LogP contribution in [0.5, 0.6) is 0 Å². The van der Waals surface area contributed by atoms with Gasteiger partial charge in [0.25, 0.3) is 0 Å². The largest absolute Gasteiger partial charge is 0.319 e. The summed E-state index contributed by atoms with van der Waals surface area (Å²) in [6.45, 7) is 4.64. The second-order valence-corrected chi connectivity index (χ2v) is 5.83. The minimum Gasteiger partial charge on any atom is -0.319 e. The summed E-state index contributed by atoms with van der Waals surface area (Å²) in [4.78, 5) is 6.97. The number of aromatic nitrogens is 1. The highest BCUT2D eigenvalue weighted by molar-refractivity contribution is 5.85. The summed E-state index contributed by atoms with van der Waals surface area (Å²) < 4.78 is 0. The summed E-state index contributed by atoms with van der Waals surface area (Å²) in [5.41, 5.74) is 2.48. The normalized spacial score (nSPS) is 19.4. The van der Waals surface area contributed by atoms with Crippen molar-refractivity contribution in [2.24, 2.45) is 5.92 Å². The zero-order valence-electron chi connectivity index (χ0n) is 12.6. The number of rotatable bonds is 4. The number of fused-ring (bicyclic) bond motifs is 1. The van der Waals surface area contributed by atoms with Gasteiger partial charge < -0.3 is 5.32 Å². The number of piperidine rings is 1. The fourth-order valence-corrected chi connectivity index (χ4v) is 3.23. The van der Waals surface area contributed by atoms with Gasteiger partial charge in [-0.25, -0.2) is 0 Å². The number of nitrogens with one attached hydrogen (secondary N) is 1. The first-order chi connectivity index (χ1) is 9.85. The maximum absolute atomic E-state index is 4.38. The van der Waals surface area contributed by atoms with E-state index in [1.165, 1.54) is 36.9 Å². The van der Waals surface area contributed by atoms with Crippen LogP contribution in [-0.4, -0.2) is 36.6 Å². The van der Waals surface area contributed by atoms with Crippen molar-refractivity contribution in [1.29, 1.82) is 0 Å². The van der Waals surface area contributed by atoms with Crippen molar-refractivity contribution in [3.63, 3.8) is 0 Å². The van der Waals surface area contributed by atoms with Crippen LogP contribution < -0.4 is 5.32 Å². The molecule has 2 aromatic rings. The van der Waals surface area contributed by atoms with Crippen molar-refractivity contribution in [2.75, 3.05) is 26.7 Å². The van der Waals surface area contributed by atoms with Gasteiger partial charge in [0.15, 0.2) is 0 Å². The van der Waals surface area contributed by atoms with E-state index in [2.05, 4.69) is 46.5 Å². The number of nitrogens with zero attached hydrogens (tertiary/aromatic N) is 2. The maximum atomic E-state index is 4.38. The Kier molecular flexibility index (Phi) is 5.97. The fraction of sp³-hybridized carbons (Fsp3) is 0.471. The van der Waals surface area contributed by atoms with Crippen LogP contribution >= 0.6 is 12.4 Å². The van der Waals surface area contributed by atoms with Gasteiger partial charge >= 0.3 is 0 Å². The van der Waals surface area contributed by atoms with Crippen LogP contribution in [0, 0.1) is 5.92 Å². The van der Waals surface area contributed by atoms with Gasteiger partial charge in [-0.3, -0.25) is 9.88 Å². The molecule has 1 unspecified atom stereocenters. The highest BCUT2D eigenvalue weighted by Crippen LogP contribution is 2.20. The molecule has 1 aromatic heterocycles. The molecule has 0 amide bonds. The van der Waals surface area contributed by atoms with E-state index in [1.807, 2.05) is 12.3 Å². The molecular formula is C17H24ClN3. The fourth-order valence-electron chi connectivity index (χ4n) is 3.23. The van der Waals surface area contributed by atoms with Crippen LogP contribution in [0.4, 0.5) is 0 Å². The van der Waals surface area contributed by atoms with E-state index in [1.54, 1.807) is 0 Å². The van der Waals surface area contributed by atoms with Crippen molar-refractivity contribution in [3.05, 3.63) is 42.1 Å². The predicted octanol–water partition coefficient (Wildman–Crippen LogP) is 3.09. The molecule has 3 rings (SSSR count). The topological polar surface area (TPSA) is 28.2 Å². The molecule has 1 N–H and O–H groups in total. The van der Waals surface area contributed by atoms with Crippen LogP contribution in [0.1, 0.15) is 18.4 Å². The molecule has 1 saturated heterocycles. The molecule has 1 fully saturated rings. The Morgan fingerprint density at radius 3 is 3.10 bits per heavy atom. The molecule has 0 radical (unpaired) electrons. The lowest BCUT2D eigenvalue weighted by molar-refractivity contribution is 0.167. The number of benzene rings is 1. The molecule has 4 heteroatoms. The van der Waals surface area contributed by atoms with E-state index < -0.39 is 0 Å². The molecule has 1 atom stereocenters. The van der Waals surface area contributed by atoms with Crippen LogP contribution in [-0.2, 0) is 6.54 Å². The first kappa shape index (κ1) is 16.2. The Morgan fingerprint density at radius 2 is 2.24 bits per heavy atom. The van der Waals surface area contributed by atoms with Gasteiger partial charge in [-0.05, 0) is 62.7 Å². The third-order valence-electron chi connectivity index (χ3n) is 4.17. The molecule has 0 saturated carbocycles. The van der Waals surface area contributed by atoms with Gasteiger partial charge in [-0.1, -0.05) is 12.1 Å². The molecule has 0 aliphatic carbocycles. The molecule has 21 heavy (non-hydrogen) atoms. The Bertz CT molecular complexity index is 571. The van der Waals surface area contributed by atoms with E-state index in [9.17, 15) is 0 Å². The summed E-state index contributed by atoms with van der Waals surface area (Å²) >= 11 is 0. The first-order valence-corrected chi connectivity index (χ1v) is 7.56. The second kappa shape index (κ2) is 7.74. The SMILES string of the molecule is CNCC1CCCN(Cc2ccc3ncccc3c2)C1.Cl. The van der Waals surface area contributed by atoms with Crippen LogP contribution in [0.2, 0.25) is 0 Å². The van der Waals surface area contributed by atoms with Gasteiger partial charge in [-0.15, -0.1) is 12.4 Å². The maximum Gasteiger partial charge on any atom is 0.0702 e. The third kappa shape index (κ3) is 4.16. The smallest absolute Gasteiger partial charge is 0.0702 e. The molecule has 3 nitrogen and oxygen atoms in total. The number of halogens is 1. The summed E-state index contributed by atoms with van der Waals surface area (Å²) in [5, 5.41) is 4.56. The minimum absolute atomic E-state index is 0. The minimum atomic E-state index is 0. The summed E-state index contributed by atoms with van der Waals surface area (Å²) in [6, 6.07) is 10.8. The summed E-state index contributed by atoms with van der Waals surface area (Å²) in [6.07, 6.45) is 4.54. The number of hydrogen-bond acceptors (Lipinski definition) is 3. The molecule has 114 valence electrons. The second-order valence-electron chi connectivity index (χ2n) is 5.83. The highest BCUT2D eigenvalue weighted by atomic mass is 35.5. The van der Waals surface area contributed by atoms with E-state index in [-0.39, 0.29) is 12.4 Å². The van der Waals surface area contributed by atoms with Gasteiger partial charge in [0, 0.05) is 24.7 Å². The van der Waals surface area contributed by atoms with Crippen LogP contribution in [0.25, 0.3) is 10.9 Å². The van der Waals surface area contributed by atoms with Crippen molar-refractivity contribution >= 4 is 23.3 Å². The quantitative estimate of drug-likeness (QED) is 0.941. The molecule has 0 bridgehead atoms. The monoisotopic (exact) mass is 305 g/mol. The number of pyridine rings is 1. The molecule has 1 aliphatic heterocycles. The van der Waals surface area contributed by atoms with Gasteiger partial charge in [-0.2, -0.15) is 0 Å². The molecular weight excluding hydrogens is 282 g/mol. The van der Waals surface area contributed by atoms with Crippen molar-refractivity contribution in [3.8, 4) is 0 Å². The van der Waals surface area contributed by atoms with Gasteiger partial charge in [0.05, 0.1) is 5.52 Å². The summed E-state index contributed by atoms with van der Waals surface area (Å²) in [5.74, 6) is 0.802. The standard InChI is InChI=1S/C17H23N3.ClH/c1-18-11-15-4-3-9-20(13-15)12-14-6-7-17-16(10-14)5-2-8-19-17;/h2,5-8,10,15,18H,3-4,9,11-13H2,1H3;1H. The summed E-state index contributed by atoms with van der Waals surface area (Å²) in [7, 11) is 2.05. The van der Waals surface area contributed by atoms with Gasteiger partial charge in [0.2, 0.25) is 0 Å². The average Bonchev–Trinajstić information content (AvgIpc) is 2.48. The van der Waals surface area contributed by atoms with Crippen LogP contribution in [0.15, 0.2) is 36.5 Å². The Balaban J connectivity index is 0.00000161. The van der Waals surface area contributed by atoms with Gasteiger partial charge in [0.1, 0.15) is 0 Å². The number of likely N-dealkylation sites (tertiary alicyclic amines) is 1. The van der Waals surface area contributed by atoms with Crippen molar-refractivity contribution < 1.29 is 0 Å². The Hall–Kier alpha value is -1.16. The molecule has 1 aliphatic rings. The lowest BCUT2D eigenvalue weighted by Crippen LogP contribution is -2.38. The Morgan fingerprint density at radius 1 is 1.33 bits per heavy atom. The Labute approximate surface area is 133 Å². The molecule has 2 heterocycles. The zero-order valence-corrected chi connectivity index (χ0v) is 13.4. The molecule has 1 aromatic carbocycles. The highest BCUT2D eigenvalue weighted by Gasteiger charge is 2.19. The number of hydrogen-bond donors (Lipinski definition) is 1. The average molecular weight is 306 g/mol. The van der Waals surface area contributed by atoms with Crippen molar-refractivity contribution in [1.82, 2.24) is 15.2 Å². The van der Waals surface area contributed by atoms with E-state index in [0.717, 1.165) is 24.5 Å². The lowest BCUT2D eigenvalue weighted by atomic mass is 9.97. The van der Waals surface area contributed by atoms with E-state index >= 15 is 0 Å². The predicted molar refractivity (Wildman–Crippen MR) is 90.9 cm³/mol. The van der Waals surface area contributed by atoms with E-state index in [0.29, 0.717) is 0 Å². The van der Waals surface area contributed by atoms with E-state index in [4.69, 9.17) is 0 Å². The van der Waals surface area contributed by atoms with Crippen LogP contribution in [0.3, 0.4) is 0 Å². The van der Waals surface area contributed by atoms with Crippen molar-refractivity contribution in [2.45, 2.75) is 19.4 Å².